The Bertz CT molecular complexity index is 557. The first kappa shape index (κ1) is 18.4. The number of halogens is 1. The minimum atomic E-state index is -0.654. The summed E-state index contributed by atoms with van der Waals surface area (Å²) < 4.78 is 17.7. The van der Waals surface area contributed by atoms with Gasteiger partial charge in [0.05, 0.1) is 6.61 Å². The van der Waals surface area contributed by atoms with Gasteiger partial charge in [-0.3, -0.25) is 9.59 Å². The number of nitrogens with two attached hydrogens (primary N) is 1. The van der Waals surface area contributed by atoms with E-state index < -0.39 is 6.04 Å². The van der Waals surface area contributed by atoms with Gasteiger partial charge >= 0.3 is 0 Å². The number of carbonyl (C=O) groups excluding carboxylic acids is 2. The lowest BCUT2D eigenvalue weighted by molar-refractivity contribution is -0.137. The Balaban J connectivity index is 1.76. The molecule has 2 rings (SSSR count). The highest BCUT2D eigenvalue weighted by Crippen LogP contribution is 2.18. The van der Waals surface area contributed by atoms with E-state index in [4.69, 9.17) is 10.5 Å². The zero-order valence-corrected chi connectivity index (χ0v) is 13.8. The van der Waals surface area contributed by atoms with Crippen LogP contribution in [0, 0.1) is 11.7 Å². The van der Waals surface area contributed by atoms with Crippen LogP contribution in [0.15, 0.2) is 24.3 Å². The molecule has 1 saturated heterocycles. The monoisotopic (exact) mass is 337 g/mol. The molecule has 0 bridgehead atoms. The lowest BCUT2D eigenvalue weighted by Crippen LogP contribution is -2.50. The van der Waals surface area contributed by atoms with Crippen LogP contribution in [0.2, 0.25) is 0 Å². The minimum absolute atomic E-state index is 0.0346. The van der Waals surface area contributed by atoms with Crippen LogP contribution in [0.4, 0.5) is 4.39 Å². The van der Waals surface area contributed by atoms with E-state index in [-0.39, 0.29) is 30.2 Å². The summed E-state index contributed by atoms with van der Waals surface area (Å²) in [4.78, 5) is 26.0. The molecule has 2 amide bonds. The van der Waals surface area contributed by atoms with Gasteiger partial charge in [0.2, 0.25) is 11.8 Å². The quantitative estimate of drug-likeness (QED) is 0.798. The molecule has 1 aromatic carbocycles. The van der Waals surface area contributed by atoms with Crippen molar-refractivity contribution < 1.29 is 18.7 Å². The summed E-state index contributed by atoms with van der Waals surface area (Å²) >= 11 is 0. The summed E-state index contributed by atoms with van der Waals surface area (Å²) in [5.74, 6) is -0.587. The number of nitrogens with zero attached hydrogens (tertiary/aromatic N) is 1. The molecule has 0 saturated carbocycles. The van der Waals surface area contributed by atoms with E-state index in [0.29, 0.717) is 32.5 Å². The number of likely N-dealkylation sites (tertiary alicyclic amines) is 1. The third kappa shape index (κ3) is 5.01. The van der Waals surface area contributed by atoms with E-state index in [1.165, 1.54) is 19.2 Å². The maximum atomic E-state index is 12.8. The molecule has 0 aliphatic carbocycles. The third-order valence-corrected chi connectivity index (χ3v) is 4.22. The number of rotatable bonds is 6. The number of methoxy groups -OCH3 is 1. The van der Waals surface area contributed by atoms with Gasteiger partial charge in [-0.1, -0.05) is 12.1 Å². The lowest BCUT2D eigenvalue weighted by Gasteiger charge is -2.32. The Hall–Kier alpha value is -1.99. The Morgan fingerprint density at radius 3 is 2.54 bits per heavy atom. The molecule has 1 aromatic rings. The summed E-state index contributed by atoms with van der Waals surface area (Å²) in [6.07, 6.45) is 1.22. The second-order valence-corrected chi connectivity index (χ2v) is 6.01. The number of ether oxygens (including phenoxy) is 1. The number of benzene rings is 1. The van der Waals surface area contributed by atoms with Gasteiger partial charge in [0.25, 0.3) is 0 Å². The van der Waals surface area contributed by atoms with Gasteiger partial charge in [-0.2, -0.15) is 0 Å². The van der Waals surface area contributed by atoms with Crippen molar-refractivity contribution in [1.82, 2.24) is 10.2 Å². The largest absolute Gasteiger partial charge is 0.383 e. The number of hydrogen-bond acceptors (Lipinski definition) is 4. The highest BCUT2D eigenvalue weighted by atomic mass is 19.1. The Morgan fingerprint density at radius 1 is 1.33 bits per heavy atom. The van der Waals surface area contributed by atoms with E-state index >= 15 is 0 Å². The van der Waals surface area contributed by atoms with E-state index in [1.807, 2.05) is 0 Å². The second-order valence-electron chi connectivity index (χ2n) is 6.01. The maximum absolute atomic E-state index is 12.8. The van der Waals surface area contributed by atoms with Crippen molar-refractivity contribution in [2.24, 2.45) is 11.7 Å². The summed E-state index contributed by atoms with van der Waals surface area (Å²) in [7, 11) is 1.50. The topological polar surface area (TPSA) is 84.7 Å². The van der Waals surface area contributed by atoms with Gasteiger partial charge < -0.3 is 20.7 Å². The van der Waals surface area contributed by atoms with Crippen molar-refractivity contribution in [2.45, 2.75) is 25.4 Å². The normalized spacial score (nSPS) is 16.7. The van der Waals surface area contributed by atoms with Crippen LogP contribution >= 0.6 is 0 Å². The predicted octanol–water partition coefficient (Wildman–Crippen LogP) is 0.654. The van der Waals surface area contributed by atoms with Crippen molar-refractivity contribution in [1.29, 1.82) is 0 Å². The van der Waals surface area contributed by atoms with Crippen molar-refractivity contribution in [3.05, 3.63) is 35.6 Å². The average molecular weight is 337 g/mol. The van der Waals surface area contributed by atoms with E-state index in [0.717, 1.165) is 5.56 Å². The van der Waals surface area contributed by atoms with Crippen LogP contribution in [0.1, 0.15) is 18.4 Å². The van der Waals surface area contributed by atoms with Crippen LogP contribution in [-0.4, -0.2) is 49.6 Å². The zero-order valence-electron chi connectivity index (χ0n) is 13.8. The minimum Gasteiger partial charge on any atom is -0.383 e. The molecular formula is C17H24FN3O3. The molecule has 132 valence electrons. The smallest absolute Gasteiger partial charge is 0.241 e. The lowest BCUT2D eigenvalue weighted by atomic mass is 9.95. The van der Waals surface area contributed by atoms with Crippen LogP contribution < -0.4 is 11.1 Å². The van der Waals surface area contributed by atoms with Gasteiger partial charge in [-0.25, -0.2) is 4.39 Å². The molecule has 24 heavy (non-hydrogen) atoms. The zero-order chi connectivity index (χ0) is 17.5. The van der Waals surface area contributed by atoms with Gasteiger partial charge in [0.15, 0.2) is 0 Å². The number of hydrogen-bond donors (Lipinski definition) is 2. The highest BCUT2D eigenvalue weighted by molar-refractivity contribution is 5.83. The number of carbonyl (C=O) groups is 2. The van der Waals surface area contributed by atoms with Crippen molar-refractivity contribution in [3.63, 3.8) is 0 Å². The molecule has 0 aromatic heterocycles. The summed E-state index contributed by atoms with van der Waals surface area (Å²) in [6.45, 7) is 1.60. The van der Waals surface area contributed by atoms with E-state index in [1.54, 1.807) is 17.0 Å². The maximum Gasteiger partial charge on any atom is 0.241 e. The predicted molar refractivity (Wildman–Crippen MR) is 87.4 cm³/mol. The van der Waals surface area contributed by atoms with Gasteiger partial charge in [0.1, 0.15) is 11.9 Å². The average Bonchev–Trinajstić information content (AvgIpc) is 2.60. The number of nitrogens with one attached hydrogen (secondary N) is 1. The Labute approximate surface area is 141 Å². The fraction of sp³-hybridized carbons (Fsp3) is 0.529. The SMILES string of the molecule is COCC(N)C(=O)N1CCC(C(=O)NCc2ccc(F)cc2)CC1. The number of piperidine rings is 1. The van der Waals surface area contributed by atoms with Crippen LogP contribution in [0.3, 0.4) is 0 Å². The molecular weight excluding hydrogens is 313 g/mol. The molecule has 1 unspecified atom stereocenters. The Morgan fingerprint density at radius 2 is 1.96 bits per heavy atom. The summed E-state index contributed by atoms with van der Waals surface area (Å²) in [5, 5.41) is 2.87. The van der Waals surface area contributed by atoms with Gasteiger partial charge in [-0.05, 0) is 30.5 Å². The van der Waals surface area contributed by atoms with Gasteiger partial charge in [0, 0.05) is 32.7 Å². The molecule has 0 radical (unpaired) electrons. The molecule has 7 heteroatoms. The molecule has 1 heterocycles. The van der Waals surface area contributed by atoms with Crippen molar-refractivity contribution in [2.75, 3.05) is 26.8 Å². The van der Waals surface area contributed by atoms with Crippen LogP contribution in [0.25, 0.3) is 0 Å². The van der Waals surface area contributed by atoms with E-state index in [2.05, 4.69) is 5.32 Å². The van der Waals surface area contributed by atoms with Crippen molar-refractivity contribution in [3.8, 4) is 0 Å². The van der Waals surface area contributed by atoms with E-state index in [9.17, 15) is 14.0 Å². The van der Waals surface area contributed by atoms with Crippen LogP contribution in [0.5, 0.6) is 0 Å². The summed E-state index contributed by atoms with van der Waals surface area (Å²) in [6, 6.07) is 5.38. The van der Waals surface area contributed by atoms with Gasteiger partial charge in [-0.15, -0.1) is 0 Å². The third-order valence-electron chi connectivity index (χ3n) is 4.22. The standard InChI is InChI=1S/C17H24FN3O3/c1-24-11-15(19)17(23)21-8-6-13(7-9-21)16(22)20-10-12-2-4-14(18)5-3-12/h2-5,13,15H,6-11,19H2,1H3,(H,20,22). The molecule has 6 nitrogen and oxygen atoms in total. The fourth-order valence-corrected chi connectivity index (χ4v) is 2.78. The first-order chi connectivity index (χ1) is 11.5. The molecule has 0 spiro atoms. The van der Waals surface area contributed by atoms with Crippen molar-refractivity contribution >= 4 is 11.8 Å². The first-order valence-corrected chi connectivity index (χ1v) is 8.06. The molecule has 1 fully saturated rings. The first-order valence-electron chi connectivity index (χ1n) is 8.06. The van der Waals surface area contributed by atoms with Crippen LogP contribution in [-0.2, 0) is 20.9 Å². The second kappa shape index (κ2) is 8.75. The molecule has 1 aliphatic heterocycles. The fourth-order valence-electron chi connectivity index (χ4n) is 2.78. The molecule has 3 N–H and O–H groups in total. The highest BCUT2D eigenvalue weighted by Gasteiger charge is 2.29. The molecule has 1 aliphatic rings. The Kier molecular flexibility index (Phi) is 6.69. The molecule has 1 atom stereocenters. The number of amides is 2. The summed E-state index contributed by atoms with van der Waals surface area (Å²) in [5.41, 5.74) is 6.60.